The highest BCUT2D eigenvalue weighted by Gasteiger charge is 2.26. The summed E-state index contributed by atoms with van der Waals surface area (Å²) in [7, 11) is -7.17. The van der Waals surface area contributed by atoms with Gasteiger partial charge in [-0.05, 0) is 36.4 Å². The molecule has 0 spiro atoms. The molecule has 10 nitrogen and oxygen atoms in total. The number of para-hydroxylation sites is 1. The monoisotopic (exact) mass is 616 g/mol. The first-order chi connectivity index (χ1) is 18.1. The van der Waals surface area contributed by atoms with Crippen LogP contribution in [0.2, 0.25) is 0 Å². The number of hydrogen-bond donors (Lipinski definition) is 0. The van der Waals surface area contributed by atoms with E-state index >= 15 is 0 Å². The molecule has 4 rings (SSSR count). The van der Waals surface area contributed by atoms with Gasteiger partial charge in [-0.15, -0.1) is 12.4 Å². The van der Waals surface area contributed by atoms with Gasteiger partial charge >= 0.3 is 0 Å². The minimum absolute atomic E-state index is 0. The topological polar surface area (TPSA) is 117 Å². The summed E-state index contributed by atoms with van der Waals surface area (Å²) in [4.78, 5) is 22.3. The van der Waals surface area contributed by atoms with Gasteiger partial charge in [-0.3, -0.25) is 14.6 Å². The SMILES string of the molecule is CCN(CC)S(=O)(=O)c1ccc(C(=O)N(CCN2CCOCC2)c2nc3c(S(C)(=O)=O)cccc3s2)cc1.Cl. The Kier molecular flexibility index (Phi) is 10.5. The third kappa shape index (κ3) is 6.96. The van der Waals surface area contributed by atoms with Gasteiger partial charge in [-0.25, -0.2) is 21.8 Å². The molecule has 2 aromatic carbocycles. The second-order valence-electron chi connectivity index (χ2n) is 8.90. The molecule has 1 aromatic heterocycles. The Morgan fingerprint density at radius 2 is 1.67 bits per heavy atom. The predicted octanol–water partition coefficient (Wildman–Crippen LogP) is 3.13. The molecular formula is C25H33ClN4O6S3. The molecule has 0 atom stereocenters. The molecule has 1 fully saturated rings. The van der Waals surface area contributed by atoms with Crippen molar-refractivity contribution in [3.8, 4) is 0 Å². The number of nitrogens with zero attached hydrogens (tertiary/aromatic N) is 4. The first-order valence-corrected chi connectivity index (χ1v) is 16.5. The Balaban J connectivity index is 0.00000420. The van der Waals surface area contributed by atoms with Gasteiger partial charge < -0.3 is 4.74 Å². The number of sulfonamides is 1. The summed E-state index contributed by atoms with van der Waals surface area (Å²) in [6.07, 6.45) is 1.13. The molecular weight excluding hydrogens is 584 g/mol. The van der Waals surface area contributed by atoms with Crippen molar-refractivity contribution in [3.05, 3.63) is 48.0 Å². The molecule has 2 heterocycles. The normalized spacial score (nSPS) is 14.9. The fraction of sp³-hybridized carbons (Fsp3) is 0.440. The van der Waals surface area contributed by atoms with Crippen LogP contribution in [-0.2, 0) is 24.6 Å². The number of amides is 1. The number of thiazole rings is 1. The van der Waals surface area contributed by atoms with E-state index in [-0.39, 0.29) is 28.1 Å². The summed E-state index contributed by atoms with van der Waals surface area (Å²) < 4.78 is 57.9. The minimum atomic E-state index is -3.65. The third-order valence-electron chi connectivity index (χ3n) is 6.43. The van der Waals surface area contributed by atoms with Gasteiger partial charge in [0.05, 0.1) is 27.7 Å². The van der Waals surface area contributed by atoms with Gasteiger partial charge in [0, 0.05) is 51.1 Å². The van der Waals surface area contributed by atoms with E-state index in [0.717, 1.165) is 19.3 Å². The van der Waals surface area contributed by atoms with Crippen LogP contribution in [-0.4, -0.2) is 95.7 Å². The van der Waals surface area contributed by atoms with Gasteiger partial charge in [0.1, 0.15) is 5.52 Å². The number of morpholine rings is 1. The fourth-order valence-corrected chi connectivity index (χ4v) is 7.69. The van der Waals surface area contributed by atoms with Crippen molar-refractivity contribution in [1.29, 1.82) is 0 Å². The summed E-state index contributed by atoms with van der Waals surface area (Å²) >= 11 is 1.25. The van der Waals surface area contributed by atoms with Crippen LogP contribution < -0.4 is 4.90 Å². The number of hydrogen-bond acceptors (Lipinski definition) is 9. The maximum atomic E-state index is 13.8. The van der Waals surface area contributed by atoms with Gasteiger partial charge in [0.25, 0.3) is 5.91 Å². The highest BCUT2D eigenvalue weighted by atomic mass is 35.5. The van der Waals surface area contributed by atoms with E-state index in [2.05, 4.69) is 9.88 Å². The number of benzene rings is 2. The lowest BCUT2D eigenvalue weighted by Gasteiger charge is -2.29. The number of carbonyl (C=O) groups excluding carboxylic acids is 1. The van der Waals surface area contributed by atoms with Crippen molar-refractivity contribution < 1.29 is 26.4 Å². The van der Waals surface area contributed by atoms with E-state index in [1.165, 1.54) is 46.0 Å². The van der Waals surface area contributed by atoms with Crippen LogP contribution in [0, 0.1) is 0 Å². The summed E-state index contributed by atoms with van der Waals surface area (Å²) in [5.41, 5.74) is 0.646. The molecule has 214 valence electrons. The van der Waals surface area contributed by atoms with Crippen molar-refractivity contribution in [2.45, 2.75) is 23.6 Å². The van der Waals surface area contributed by atoms with Crippen LogP contribution in [0.1, 0.15) is 24.2 Å². The second kappa shape index (κ2) is 13.0. The first kappa shape index (κ1) is 31.4. The number of anilines is 1. The lowest BCUT2D eigenvalue weighted by Crippen LogP contribution is -2.43. The number of aromatic nitrogens is 1. The van der Waals surface area contributed by atoms with Crippen molar-refractivity contribution in [3.63, 3.8) is 0 Å². The molecule has 1 aliphatic rings. The molecule has 39 heavy (non-hydrogen) atoms. The zero-order valence-electron chi connectivity index (χ0n) is 22.1. The molecule has 0 bridgehead atoms. The average molecular weight is 617 g/mol. The first-order valence-electron chi connectivity index (χ1n) is 12.4. The van der Waals surface area contributed by atoms with Crippen molar-refractivity contribution in [2.24, 2.45) is 0 Å². The molecule has 1 amide bonds. The van der Waals surface area contributed by atoms with Crippen molar-refractivity contribution in [1.82, 2.24) is 14.2 Å². The maximum Gasteiger partial charge on any atom is 0.260 e. The summed E-state index contributed by atoms with van der Waals surface area (Å²) in [5, 5.41) is 0.384. The Bertz CT molecular complexity index is 1500. The summed E-state index contributed by atoms with van der Waals surface area (Å²) in [6.45, 7) is 7.89. The quantitative estimate of drug-likeness (QED) is 0.341. The van der Waals surface area contributed by atoms with Gasteiger partial charge in [0.15, 0.2) is 15.0 Å². The molecule has 0 unspecified atom stereocenters. The van der Waals surface area contributed by atoms with Crippen LogP contribution in [0.4, 0.5) is 5.13 Å². The van der Waals surface area contributed by atoms with E-state index < -0.39 is 19.9 Å². The van der Waals surface area contributed by atoms with Gasteiger partial charge in [-0.1, -0.05) is 31.3 Å². The Labute approximate surface area is 239 Å². The molecule has 0 aliphatic carbocycles. The average Bonchev–Trinajstić information content (AvgIpc) is 3.33. The molecule has 14 heteroatoms. The smallest absolute Gasteiger partial charge is 0.260 e. The van der Waals surface area contributed by atoms with Crippen LogP contribution in [0.25, 0.3) is 10.2 Å². The highest BCUT2D eigenvalue weighted by Crippen LogP contribution is 2.33. The number of sulfone groups is 1. The Morgan fingerprint density at radius 1 is 1.03 bits per heavy atom. The number of ether oxygens (including phenoxy) is 1. The maximum absolute atomic E-state index is 13.8. The molecule has 1 aliphatic heterocycles. The van der Waals surface area contributed by atoms with E-state index in [1.807, 2.05) is 0 Å². The molecule has 0 N–H and O–H groups in total. The zero-order chi connectivity index (χ0) is 27.5. The molecule has 1 saturated heterocycles. The minimum Gasteiger partial charge on any atom is -0.379 e. The predicted molar refractivity (Wildman–Crippen MR) is 155 cm³/mol. The van der Waals surface area contributed by atoms with Crippen LogP contribution in [0.15, 0.2) is 52.3 Å². The lowest BCUT2D eigenvalue weighted by molar-refractivity contribution is 0.0391. The van der Waals surface area contributed by atoms with Crippen molar-refractivity contribution >= 4 is 64.9 Å². The zero-order valence-corrected chi connectivity index (χ0v) is 25.3. The number of fused-ring (bicyclic) bond motifs is 1. The van der Waals surface area contributed by atoms with Crippen LogP contribution in [0.3, 0.4) is 0 Å². The Morgan fingerprint density at radius 3 is 2.26 bits per heavy atom. The standard InChI is InChI=1S/C25H32N4O6S3.ClH/c1-4-28(5-2)38(33,34)20-11-9-19(10-12-20)24(30)29(14-13-27-15-17-35-18-16-27)25-26-23-21(36-25)7-6-8-22(23)37(3,31)32;/h6-12H,4-5,13-18H2,1-3H3;1H. The molecule has 0 saturated carbocycles. The number of rotatable bonds is 10. The molecule has 0 radical (unpaired) electrons. The lowest BCUT2D eigenvalue weighted by atomic mass is 10.2. The van der Waals surface area contributed by atoms with E-state index in [0.29, 0.717) is 60.3 Å². The van der Waals surface area contributed by atoms with E-state index in [4.69, 9.17) is 4.74 Å². The summed E-state index contributed by atoms with van der Waals surface area (Å²) in [6, 6.07) is 10.9. The third-order valence-corrected chi connectivity index (χ3v) is 10.7. The van der Waals surface area contributed by atoms with E-state index in [1.54, 1.807) is 30.9 Å². The van der Waals surface area contributed by atoms with Crippen LogP contribution in [0.5, 0.6) is 0 Å². The molecule has 3 aromatic rings. The number of halogens is 1. The Hall–Kier alpha value is -2.13. The second-order valence-corrected chi connectivity index (χ2v) is 13.8. The van der Waals surface area contributed by atoms with Crippen molar-refractivity contribution in [2.75, 3.05) is 63.6 Å². The largest absolute Gasteiger partial charge is 0.379 e. The summed E-state index contributed by atoms with van der Waals surface area (Å²) in [5.74, 6) is -0.343. The highest BCUT2D eigenvalue weighted by molar-refractivity contribution is 7.91. The van der Waals surface area contributed by atoms with Gasteiger partial charge in [0.2, 0.25) is 10.0 Å². The van der Waals surface area contributed by atoms with Crippen LogP contribution >= 0.6 is 23.7 Å². The van der Waals surface area contributed by atoms with E-state index in [9.17, 15) is 21.6 Å². The number of carbonyl (C=O) groups is 1. The van der Waals surface area contributed by atoms with Gasteiger partial charge in [-0.2, -0.15) is 4.31 Å². The fourth-order valence-electron chi connectivity index (χ4n) is 4.31.